The van der Waals surface area contributed by atoms with Gasteiger partial charge in [-0.1, -0.05) is 6.07 Å². The van der Waals surface area contributed by atoms with Gasteiger partial charge in [0, 0.05) is 10.4 Å². The molecule has 0 spiro atoms. The average molecular weight is 234 g/mol. The second-order valence-electron chi connectivity index (χ2n) is 2.37. The maximum Gasteiger partial charge on any atom is 0.143 e. The molecule has 15 heavy (non-hydrogen) atoms. The molecule has 0 unspecified atom stereocenters. The van der Waals surface area contributed by atoms with Crippen LogP contribution in [0.5, 0.6) is 5.75 Å². The van der Waals surface area contributed by atoms with Crippen molar-refractivity contribution in [2.75, 3.05) is 18.6 Å². The van der Waals surface area contributed by atoms with Gasteiger partial charge in [-0.05, 0) is 12.1 Å². The maximum absolute atomic E-state index is 8.52. The molecule has 0 saturated carbocycles. The van der Waals surface area contributed by atoms with E-state index in [4.69, 9.17) is 33.7 Å². The Morgan fingerprint density at radius 1 is 1.27 bits per heavy atom. The Labute approximate surface area is 87.2 Å². The maximum atomic E-state index is 8.52. The lowest BCUT2D eigenvalue weighted by Crippen LogP contribution is -1.97. The van der Waals surface area contributed by atoms with Gasteiger partial charge in [-0.25, -0.2) is 0 Å². The van der Waals surface area contributed by atoms with Gasteiger partial charge >= 0.3 is 0 Å². The molecule has 1 aromatic carbocycles. The molecule has 0 fully saturated rings. The molecule has 0 saturated heterocycles. The zero-order valence-electron chi connectivity index (χ0n) is 7.84. The third-order valence-electron chi connectivity index (χ3n) is 1.32. The highest BCUT2D eigenvalue weighted by Gasteiger charge is 1.99. The molecular weight excluding hydrogens is 224 g/mol. The first-order valence-electron chi connectivity index (χ1n) is 3.60. The Kier molecular flexibility index (Phi) is 4.85. The van der Waals surface area contributed by atoms with Crippen molar-refractivity contribution in [1.82, 2.24) is 0 Å². The Morgan fingerprint density at radius 3 is 2.07 bits per heavy atom. The van der Waals surface area contributed by atoms with Crippen LogP contribution in [0.15, 0.2) is 18.2 Å². The van der Waals surface area contributed by atoms with E-state index >= 15 is 0 Å². The van der Waals surface area contributed by atoms with Crippen molar-refractivity contribution in [2.24, 2.45) is 0 Å². The summed E-state index contributed by atoms with van der Waals surface area (Å²) in [6, 6.07) is 5.30. The number of benzene rings is 1. The second kappa shape index (κ2) is 5.39. The monoisotopic (exact) mass is 234 g/mol. The largest absolute Gasteiger partial charge is 0.759 e. The van der Waals surface area contributed by atoms with Gasteiger partial charge in [-0.15, -0.1) is 0 Å². The standard InChI is InChI=1S/C7H10N2O.H2O4S/c1-10-6-4-2-3-5(8)7(6)9;1-5(2,3)4/h2-4H,8-9H2,1H3;(H2,1,2,3,4)/p-2. The van der Waals surface area contributed by atoms with Gasteiger partial charge in [-0.3, -0.25) is 8.42 Å². The van der Waals surface area contributed by atoms with Gasteiger partial charge in [0.1, 0.15) is 5.75 Å². The third-order valence-corrected chi connectivity index (χ3v) is 1.32. The van der Waals surface area contributed by atoms with Crippen LogP contribution in [0.3, 0.4) is 0 Å². The van der Waals surface area contributed by atoms with Crippen molar-refractivity contribution < 1.29 is 22.3 Å². The summed E-state index contributed by atoms with van der Waals surface area (Å²) in [6.45, 7) is 0. The van der Waals surface area contributed by atoms with Gasteiger partial charge < -0.3 is 25.3 Å². The molecule has 0 atom stereocenters. The lowest BCUT2D eigenvalue weighted by molar-refractivity contribution is 0.352. The van der Waals surface area contributed by atoms with Gasteiger partial charge in [0.25, 0.3) is 0 Å². The summed E-state index contributed by atoms with van der Waals surface area (Å²) in [5.74, 6) is 0.625. The summed E-state index contributed by atoms with van der Waals surface area (Å²) in [6.07, 6.45) is 0. The van der Waals surface area contributed by atoms with Crippen molar-refractivity contribution in [1.29, 1.82) is 0 Å². The number of rotatable bonds is 1. The first-order valence-corrected chi connectivity index (χ1v) is 4.93. The molecule has 86 valence electrons. The number of para-hydroxylation sites is 1. The predicted octanol–water partition coefficient (Wildman–Crippen LogP) is -0.478. The summed E-state index contributed by atoms with van der Waals surface area (Å²) in [7, 11) is -3.61. The minimum Gasteiger partial charge on any atom is -0.759 e. The zero-order chi connectivity index (χ0) is 12.1. The van der Waals surface area contributed by atoms with E-state index < -0.39 is 10.4 Å². The molecule has 0 radical (unpaired) electrons. The molecule has 0 bridgehead atoms. The van der Waals surface area contributed by atoms with Crippen LogP contribution in [0.2, 0.25) is 0 Å². The van der Waals surface area contributed by atoms with Crippen molar-refractivity contribution in [3.63, 3.8) is 0 Å². The van der Waals surface area contributed by atoms with E-state index in [1.54, 1.807) is 25.3 Å². The summed E-state index contributed by atoms with van der Waals surface area (Å²) >= 11 is 0. The fraction of sp³-hybridized carbons (Fsp3) is 0.143. The van der Waals surface area contributed by atoms with Crippen LogP contribution in [0.4, 0.5) is 11.4 Å². The molecule has 7 nitrogen and oxygen atoms in total. The Bertz CT molecular complexity index is 409. The van der Waals surface area contributed by atoms with Gasteiger partial charge in [0.05, 0.1) is 18.5 Å². The fourth-order valence-corrected chi connectivity index (χ4v) is 0.739. The lowest BCUT2D eigenvalue weighted by Gasteiger charge is -2.06. The zero-order valence-corrected chi connectivity index (χ0v) is 8.65. The summed E-state index contributed by atoms with van der Waals surface area (Å²) in [5, 5.41) is 0. The van der Waals surface area contributed by atoms with Crippen LogP contribution in [0.1, 0.15) is 0 Å². The van der Waals surface area contributed by atoms with Crippen LogP contribution < -0.4 is 16.2 Å². The number of nitrogens with two attached hydrogens (primary N) is 2. The molecule has 1 aromatic rings. The fourth-order valence-electron chi connectivity index (χ4n) is 0.739. The number of ether oxygens (including phenoxy) is 1. The first-order chi connectivity index (χ1) is 6.75. The average Bonchev–Trinajstić information content (AvgIpc) is 2.07. The second-order valence-corrected chi connectivity index (χ2v) is 3.19. The number of hydrogen-bond donors (Lipinski definition) is 2. The number of hydrogen-bond acceptors (Lipinski definition) is 7. The molecule has 8 heteroatoms. The minimum absolute atomic E-state index is 0.505. The molecule has 4 N–H and O–H groups in total. The summed E-state index contributed by atoms with van der Waals surface area (Å²) < 4.78 is 39.0. The van der Waals surface area contributed by atoms with Crippen LogP contribution in [0, 0.1) is 0 Å². The van der Waals surface area contributed by atoms with Crippen molar-refractivity contribution in [3.8, 4) is 5.75 Å². The highest BCUT2D eigenvalue weighted by molar-refractivity contribution is 7.79. The van der Waals surface area contributed by atoms with E-state index in [0.717, 1.165) is 0 Å². The van der Waals surface area contributed by atoms with Gasteiger partial charge in [0.2, 0.25) is 0 Å². The number of methoxy groups -OCH3 is 1. The van der Waals surface area contributed by atoms with E-state index in [1.165, 1.54) is 0 Å². The molecule has 0 amide bonds. The highest BCUT2D eigenvalue weighted by Crippen LogP contribution is 2.25. The SMILES string of the molecule is COc1cccc(N)c1N.O=S(=O)([O-])[O-]. The minimum atomic E-state index is -5.17. The van der Waals surface area contributed by atoms with Crippen LogP contribution in [-0.2, 0) is 10.4 Å². The van der Waals surface area contributed by atoms with Crippen molar-refractivity contribution >= 4 is 21.8 Å². The van der Waals surface area contributed by atoms with Crippen molar-refractivity contribution in [3.05, 3.63) is 18.2 Å². The Morgan fingerprint density at radius 2 is 1.73 bits per heavy atom. The first kappa shape index (κ1) is 13.5. The van der Waals surface area contributed by atoms with Crippen LogP contribution in [0.25, 0.3) is 0 Å². The predicted molar refractivity (Wildman–Crippen MR) is 52.3 cm³/mol. The molecule has 0 heterocycles. The molecule has 0 aromatic heterocycles. The van der Waals surface area contributed by atoms with Crippen LogP contribution >= 0.6 is 0 Å². The molecule has 0 aliphatic carbocycles. The Balaban J connectivity index is 0.000000336. The molecule has 1 rings (SSSR count). The summed E-state index contributed by atoms with van der Waals surface area (Å²) in [4.78, 5) is 0. The number of nitrogen functional groups attached to an aromatic ring is 2. The van der Waals surface area contributed by atoms with E-state index in [1.807, 2.05) is 0 Å². The highest BCUT2D eigenvalue weighted by atomic mass is 32.3. The van der Waals surface area contributed by atoms with E-state index in [-0.39, 0.29) is 0 Å². The normalized spacial score (nSPS) is 10.1. The number of anilines is 2. The van der Waals surface area contributed by atoms with Gasteiger partial charge in [0.15, 0.2) is 0 Å². The van der Waals surface area contributed by atoms with E-state index in [0.29, 0.717) is 17.1 Å². The van der Waals surface area contributed by atoms with E-state index in [2.05, 4.69) is 0 Å². The van der Waals surface area contributed by atoms with Crippen molar-refractivity contribution in [2.45, 2.75) is 0 Å². The molecule has 0 aliphatic heterocycles. The third kappa shape index (κ3) is 6.55. The van der Waals surface area contributed by atoms with Crippen LogP contribution in [-0.4, -0.2) is 24.6 Å². The Hall–Kier alpha value is -1.51. The van der Waals surface area contributed by atoms with E-state index in [9.17, 15) is 0 Å². The smallest absolute Gasteiger partial charge is 0.143 e. The molecule has 0 aliphatic rings. The van der Waals surface area contributed by atoms with Gasteiger partial charge in [-0.2, -0.15) is 0 Å². The quantitative estimate of drug-likeness (QED) is 0.379. The topological polar surface area (TPSA) is 142 Å². The molecular formula is C7H10N2O5S-2. The lowest BCUT2D eigenvalue weighted by atomic mass is 10.2. The summed E-state index contributed by atoms with van der Waals surface area (Å²) in [5.41, 5.74) is 12.1.